The summed E-state index contributed by atoms with van der Waals surface area (Å²) in [6.07, 6.45) is 6.68. The molecule has 0 aromatic rings. The summed E-state index contributed by atoms with van der Waals surface area (Å²) in [6.45, 7) is 2.02. The summed E-state index contributed by atoms with van der Waals surface area (Å²) in [5.41, 5.74) is 0.766. The fourth-order valence-corrected chi connectivity index (χ4v) is 1.31. The van der Waals surface area contributed by atoms with Crippen LogP contribution in [0.25, 0.3) is 0 Å². The number of hydrogen-bond donors (Lipinski definition) is 0. The molecule has 1 aliphatic carbocycles. The first-order chi connectivity index (χ1) is 5.25. The van der Waals surface area contributed by atoms with Gasteiger partial charge >= 0.3 is 5.97 Å². The molecule has 11 heavy (non-hydrogen) atoms. The van der Waals surface area contributed by atoms with Gasteiger partial charge in [-0.2, -0.15) is 0 Å². The first kappa shape index (κ1) is 8.77. The normalized spacial score (nSPS) is 22.7. The van der Waals surface area contributed by atoms with Crippen molar-refractivity contribution >= 4 is 29.0 Å². The monoisotopic (exact) mass is 264 g/mol. The van der Waals surface area contributed by atoms with Crippen LogP contribution in [0.4, 0.5) is 0 Å². The Morgan fingerprint density at radius 2 is 2.55 bits per heavy atom. The van der Waals surface area contributed by atoms with Crippen LogP contribution in [0.1, 0.15) is 13.3 Å². The van der Waals surface area contributed by atoms with E-state index in [9.17, 15) is 4.79 Å². The first-order valence-electron chi connectivity index (χ1n) is 3.45. The molecule has 0 bridgehead atoms. The van der Waals surface area contributed by atoms with Gasteiger partial charge in [0.25, 0.3) is 0 Å². The number of halogens is 1. The van der Waals surface area contributed by atoms with E-state index in [1.165, 1.54) is 0 Å². The number of allylic oxidation sites excluding steroid dienone is 3. The Hall–Kier alpha value is -0.320. The van der Waals surface area contributed by atoms with E-state index >= 15 is 0 Å². The molecule has 1 aliphatic rings. The second kappa shape index (κ2) is 3.90. The highest BCUT2D eigenvalue weighted by atomic mass is 127. The zero-order chi connectivity index (χ0) is 8.27. The maximum Gasteiger partial charge on any atom is 0.343 e. The highest BCUT2D eigenvalue weighted by molar-refractivity contribution is 14.1. The molecule has 0 heterocycles. The number of carbonyl (C=O) groups is 1. The Morgan fingerprint density at radius 3 is 3.09 bits per heavy atom. The van der Waals surface area contributed by atoms with E-state index < -0.39 is 0 Å². The number of carbonyl (C=O) groups excluding carboxylic acids is 1. The highest BCUT2D eigenvalue weighted by Gasteiger charge is 2.17. The third-order valence-electron chi connectivity index (χ3n) is 1.74. The molecule has 2 nitrogen and oxygen atoms in total. The van der Waals surface area contributed by atoms with Crippen molar-refractivity contribution in [1.82, 2.24) is 0 Å². The van der Waals surface area contributed by atoms with E-state index in [-0.39, 0.29) is 5.97 Å². The number of hydrogen-bond acceptors (Lipinski definition) is 2. The van der Waals surface area contributed by atoms with Crippen molar-refractivity contribution < 1.29 is 7.86 Å². The lowest BCUT2D eigenvalue weighted by Gasteiger charge is -2.13. The smallest absolute Gasteiger partial charge is 0.343 e. The summed E-state index contributed by atoms with van der Waals surface area (Å²) in [5.74, 6) is 0.0738. The molecule has 1 unspecified atom stereocenters. The van der Waals surface area contributed by atoms with Crippen molar-refractivity contribution in [2.24, 2.45) is 5.92 Å². The van der Waals surface area contributed by atoms with Gasteiger partial charge in [0.15, 0.2) is 23.0 Å². The van der Waals surface area contributed by atoms with Crippen LogP contribution in [0.3, 0.4) is 0 Å². The minimum absolute atomic E-state index is 0.220. The summed E-state index contributed by atoms with van der Waals surface area (Å²) in [4.78, 5) is 11.0. The Labute approximate surface area is 80.0 Å². The second-order valence-electron chi connectivity index (χ2n) is 2.55. The predicted octanol–water partition coefficient (Wildman–Crippen LogP) is 2.40. The molecule has 0 amide bonds. The van der Waals surface area contributed by atoms with Crippen molar-refractivity contribution in [2.75, 3.05) is 0 Å². The summed E-state index contributed by atoms with van der Waals surface area (Å²) in [6, 6.07) is 0. The van der Waals surface area contributed by atoms with Gasteiger partial charge in [-0.05, 0) is 12.3 Å². The van der Waals surface area contributed by atoms with E-state index in [0.717, 1.165) is 12.0 Å². The van der Waals surface area contributed by atoms with E-state index in [4.69, 9.17) is 0 Å². The second-order valence-corrected chi connectivity index (χ2v) is 2.99. The lowest BCUT2D eigenvalue weighted by atomic mass is 9.94. The molecule has 0 N–H and O–H groups in total. The minimum atomic E-state index is -0.220. The highest BCUT2D eigenvalue weighted by Crippen LogP contribution is 2.21. The van der Waals surface area contributed by atoms with Crippen molar-refractivity contribution in [1.29, 1.82) is 0 Å². The van der Waals surface area contributed by atoms with Crippen molar-refractivity contribution in [2.45, 2.75) is 13.3 Å². The molecule has 0 spiro atoms. The molecule has 0 radical (unpaired) electrons. The molecule has 3 heteroatoms. The standard InChI is InChI=1S/C8H9IO2/c1-6-4-2-3-5-7(6)8(10)11-9/h2-3,5-6H,4H2,1H3. The molecular formula is C8H9IO2. The summed E-state index contributed by atoms with van der Waals surface area (Å²) in [5, 5.41) is 0. The third kappa shape index (κ3) is 2.05. The molecule has 1 rings (SSSR count). The van der Waals surface area contributed by atoms with Gasteiger partial charge < -0.3 is 3.07 Å². The van der Waals surface area contributed by atoms with E-state index in [2.05, 4.69) is 9.14 Å². The topological polar surface area (TPSA) is 26.3 Å². The Kier molecular flexibility index (Phi) is 3.11. The summed E-state index contributed by atoms with van der Waals surface area (Å²) >= 11 is 1.61. The van der Waals surface area contributed by atoms with Crippen LogP contribution in [0.5, 0.6) is 0 Å². The average molecular weight is 264 g/mol. The third-order valence-corrected chi connectivity index (χ3v) is 2.14. The lowest BCUT2D eigenvalue weighted by molar-refractivity contribution is -0.127. The van der Waals surface area contributed by atoms with Crippen molar-refractivity contribution in [3.63, 3.8) is 0 Å². The molecule has 0 saturated carbocycles. The van der Waals surface area contributed by atoms with Crippen LogP contribution >= 0.6 is 23.0 Å². The van der Waals surface area contributed by atoms with Gasteiger partial charge in [-0.3, -0.25) is 0 Å². The molecule has 0 fully saturated rings. The van der Waals surface area contributed by atoms with Crippen LogP contribution in [0.2, 0.25) is 0 Å². The fraction of sp³-hybridized carbons (Fsp3) is 0.375. The largest absolute Gasteiger partial charge is 0.391 e. The molecule has 0 saturated heterocycles. The predicted molar refractivity (Wildman–Crippen MR) is 51.1 cm³/mol. The lowest BCUT2D eigenvalue weighted by Crippen LogP contribution is -2.11. The van der Waals surface area contributed by atoms with E-state index in [0.29, 0.717) is 5.92 Å². The Balaban J connectivity index is 2.75. The van der Waals surface area contributed by atoms with Gasteiger partial charge in [-0.25, -0.2) is 4.79 Å². The molecule has 1 atom stereocenters. The molecule has 0 aromatic carbocycles. The molecule has 0 aromatic heterocycles. The SMILES string of the molecule is CC1CC=CC=C1C(=O)OI. The van der Waals surface area contributed by atoms with Crippen LogP contribution in [0, 0.1) is 5.92 Å². The summed E-state index contributed by atoms with van der Waals surface area (Å²) in [7, 11) is 0. The van der Waals surface area contributed by atoms with Crippen LogP contribution in [-0.4, -0.2) is 5.97 Å². The fourth-order valence-electron chi connectivity index (χ4n) is 1.06. The van der Waals surface area contributed by atoms with Crippen LogP contribution < -0.4 is 0 Å². The minimum Gasteiger partial charge on any atom is -0.391 e. The van der Waals surface area contributed by atoms with Gasteiger partial charge in [-0.1, -0.05) is 25.2 Å². The molecular weight excluding hydrogens is 255 g/mol. The van der Waals surface area contributed by atoms with Crippen molar-refractivity contribution in [3.8, 4) is 0 Å². The van der Waals surface area contributed by atoms with E-state index in [1.54, 1.807) is 23.0 Å². The Bertz CT molecular complexity index is 218. The van der Waals surface area contributed by atoms with Gasteiger partial charge in [0.05, 0.1) is 0 Å². The molecule has 0 aliphatic heterocycles. The van der Waals surface area contributed by atoms with Crippen LogP contribution in [0.15, 0.2) is 23.8 Å². The molecule has 60 valence electrons. The van der Waals surface area contributed by atoms with Gasteiger partial charge in [0.1, 0.15) is 0 Å². The quantitative estimate of drug-likeness (QED) is 0.680. The maximum absolute atomic E-state index is 11.0. The summed E-state index contributed by atoms with van der Waals surface area (Å²) < 4.78 is 4.59. The van der Waals surface area contributed by atoms with Crippen molar-refractivity contribution in [3.05, 3.63) is 23.8 Å². The van der Waals surface area contributed by atoms with Gasteiger partial charge in [-0.15, -0.1) is 0 Å². The van der Waals surface area contributed by atoms with E-state index in [1.807, 2.05) is 19.1 Å². The van der Waals surface area contributed by atoms with Gasteiger partial charge in [0.2, 0.25) is 0 Å². The number of rotatable bonds is 1. The maximum atomic E-state index is 11.0. The Morgan fingerprint density at radius 1 is 1.82 bits per heavy atom. The first-order valence-corrected chi connectivity index (χ1v) is 4.33. The zero-order valence-electron chi connectivity index (χ0n) is 6.21. The average Bonchev–Trinajstić information content (AvgIpc) is 2.04. The van der Waals surface area contributed by atoms with Gasteiger partial charge in [0, 0.05) is 5.57 Å². The van der Waals surface area contributed by atoms with Crippen LogP contribution in [-0.2, 0) is 7.86 Å². The zero-order valence-corrected chi connectivity index (χ0v) is 8.37.